The summed E-state index contributed by atoms with van der Waals surface area (Å²) in [5.41, 5.74) is 2.76. The van der Waals surface area contributed by atoms with Gasteiger partial charge >= 0.3 is 0 Å². The van der Waals surface area contributed by atoms with Gasteiger partial charge in [0, 0.05) is 4.88 Å². The standard InChI is InChI=1S/C17H22OS/c1-3-4-5-6-7-14-12-17(19-13-14)15-8-10-16(18-2)11-9-15/h8-13H,3-7H2,1-2H3. The summed E-state index contributed by atoms with van der Waals surface area (Å²) in [6, 6.07) is 10.6. The van der Waals surface area contributed by atoms with Crippen LogP contribution in [-0.4, -0.2) is 7.11 Å². The average Bonchev–Trinajstić information content (AvgIpc) is 2.92. The second-order valence-electron chi connectivity index (χ2n) is 4.86. The van der Waals surface area contributed by atoms with E-state index in [4.69, 9.17) is 4.74 Å². The molecule has 1 aromatic carbocycles. The number of hydrogen-bond acceptors (Lipinski definition) is 2. The number of unbranched alkanes of at least 4 members (excludes halogenated alkanes) is 3. The molecule has 19 heavy (non-hydrogen) atoms. The maximum Gasteiger partial charge on any atom is 0.118 e. The van der Waals surface area contributed by atoms with Gasteiger partial charge in [-0.15, -0.1) is 11.3 Å². The van der Waals surface area contributed by atoms with E-state index in [2.05, 4.69) is 30.5 Å². The molecule has 1 nitrogen and oxygen atoms in total. The number of hydrogen-bond donors (Lipinski definition) is 0. The van der Waals surface area contributed by atoms with Crippen LogP contribution in [0.3, 0.4) is 0 Å². The van der Waals surface area contributed by atoms with Gasteiger partial charge in [0.05, 0.1) is 7.11 Å². The van der Waals surface area contributed by atoms with Crippen molar-refractivity contribution in [1.82, 2.24) is 0 Å². The molecule has 0 radical (unpaired) electrons. The fraction of sp³-hybridized carbons (Fsp3) is 0.412. The van der Waals surface area contributed by atoms with Crippen LogP contribution in [0.5, 0.6) is 5.75 Å². The van der Waals surface area contributed by atoms with Crippen molar-refractivity contribution in [3.8, 4) is 16.2 Å². The molecular weight excluding hydrogens is 252 g/mol. The number of thiophene rings is 1. The van der Waals surface area contributed by atoms with Crippen LogP contribution >= 0.6 is 11.3 Å². The van der Waals surface area contributed by atoms with E-state index in [1.165, 1.54) is 48.1 Å². The SMILES string of the molecule is CCCCCCc1csc(-c2ccc(OC)cc2)c1. The first-order valence-electron chi connectivity index (χ1n) is 7.05. The first-order valence-corrected chi connectivity index (χ1v) is 7.93. The van der Waals surface area contributed by atoms with Gasteiger partial charge in [-0.1, -0.05) is 26.2 Å². The van der Waals surface area contributed by atoms with Gasteiger partial charge in [-0.3, -0.25) is 0 Å². The van der Waals surface area contributed by atoms with Crippen LogP contribution in [0.15, 0.2) is 35.7 Å². The molecule has 0 atom stereocenters. The minimum absolute atomic E-state index is 0.917. The molecule has 2 rings (SSSR count). The van der Waals surface area contributed by atoms with E-state index in [1.54, 1.807) is 7.11 Å². The molecule has 1 aromatic heterocycles. The predicted octanol–water partition coefficient (Wildman–Crippen LogP) is 5.55. The van der Waals surface area contributed by atoms with E-state index >= 15 is 0 Å². The fourth-order valence-corrected chi connectivity index (χ4v) is 3.13. The van der Waals surface area contributed by atoms with Crippen molar-refractivity contribution in [3.63, 3.8) is 0 Å². The van der Waals surface area contributed by atoms with E-state index in [-0.39, 0.29) is 0 Å². The van der Waals surface area contributed by atoms with Gasteiger partial charge in [-0.25, -0.2) is 0 Å². The molecule has 1 heterocycles. The quantitative estimate of drug-likeness (QED) is 0.602. The Morgan fingerprint density at radius 3 is 2.53 bits per heavy atom. The molecule has 0 aliphatic rings. The van der Waals surface area contributed by atoms with Crippen molar-refractivity contribution in [3.05, 3.63) is 41.3 Å². The first-order chi connectivity index (χ1) is 9.33. The summed E-state index contributed by atoms with van der Waals surface area (Å²) in [6.45, 7) is 2.26. The molecule has 0 bridgehead atoms. The summed E-state index contributed by atoms with van der Waals surface area (Å²) >= 11 is 1.84. The Morgan fingerprint density at radius 2 is 1.84 bits per heavy atom. The van der Waals surface area contributed by atoms with E-state index in [0.29, 0.717) is 0 Å². The highest BCUT2D eigenvalue weighted by atomic mass is 32.1. The van der Waals surface area contributed by atoms with Crippen LogP contribution < -0.4 is 4.74 Å². The average molecular weight is 274 g/mol. The largest absolute Gasteiger partial charge is 0.497 e. The fourth-order valence-electron chi connectivity index (χ4n) is 2.17. The van der Waals surface area contributed by atoms with Gasteiger partial charge in [0.15, 0.2) is 0 Å². The predicted molar refractivity (Wildman–Crippen MR) is 84.2 cm³/mol. The summed E-state index contributed by atoms with van der Waals surface area (Å²) in [4.78, 5) is 1.35. The van der Waals surface area contributed by atoms with Gasteiger partial charge in [0.25, 0.3) is 0 Å². The van der Waals surface area contributed by atoms with Crippen LogP contribution in [0.4, 0.5) is 0 Å². The molecular formula is C17H22OS. The summed E-state index contributed by atoms with van der Waals surface area (Å²) in [5, 5.41) is 2.30. The number of aryl methyl sites for hydroxylation is 1. The molecule has 0 aliphatic heterocycles. The minimum atomic E-state index is 0.917. The van der Waals surface area contributed by atoms with E-state index in [0.717, 1.165) is 5.75 Å². The smallest absolute Gasteiger partial charge is 0.118 e. The van der Waals surface area contributed by atoms with Crippen LogP contribution in [-0.2, 0) is 6.42 Å². The Hall–Kier alpha value is -1.28. The number of benzene rings is 1. The maximum absolute atomic E-state index is 5.19. The molecule has 2 heteroatoms. The summed E-state index contributed by atoms with van der Waals surface area (Å²) in [7, 11) is 1.70. The molecule has 0 amide bonds. The summed E-state index contributed by atoms with van der Waals surface area (Å²) in [6.07, 6.45) is 6.54. The van der Waals surface area contributed by atoms with E-state index in [9.17, 15) is 0 Å². The molecule has 0 saturated carbocycles. The van der Waals surface area contributed by atoms with Gasteiger partial charge in [-0.2, -0.15) is 0 Å². The molecule has 0 saturated heterocycles. The maximum atomic E-state index is 5.19. The highest BCUT2D eigenvalue weighted by Gasteiger charge is 2.03. The van der Waals surface area contributed by atoms with Crippen LogP contribution in [0, 0.1) is 0 Å². The third-order valence-corrected chi connectivity index (χ3v) is 4.38. The van der Waals surface area contributed by atoms with Gasteiger partial charge < -0.3 is 4.74 Å². The zero-order valence-corrected chi connectivity index (χ0v) is 12.6. The van der Waals surface area contributed by atoms with Crippen molar-refractivity contribution in [2.75, 3.05) is 7.11 Å². The van der Waals surface area contributed by atoms with Crippen molar-refractivity contribution in [2.24, 2.45) is 0 Å². The third-order valence-electron chi connectivity index (χ3n) is 3.35. The van der Waals surface area contributed by atoms with Crippen molar-refractivity contribution < 1.29 is 4.74 Å². The summed E-state index contributed by atoms with van der Waals surface area (Å²) in [5.74, 6) is 0.917. The second kappa shape index (κ2) is 7.34. The van der Waals surface area contributed by atoms with Crippen molar-refractivity contribution >= 4 is 11.3 Å². The third kappa shape index (κ3) is 4.10. The van der Waals surface area contributed by atoms with Crippen LogP contribution in [0.2, 0.25) is 0 Å². The number of rotatable bonds is 7. The number of methoxy groups -OCH3 is 1. The lowest BCUT2D eigenvalue weighted by Crippen LogP contribution is -1.83. The molecule has 0 aliphatic carbocycles. The molecule has 102 valence electrons. The molecule has 0 spiro atoms. The monoisotopic (exact) mass is 274 g/mol. The highest BCUT2D eigenvalue weighted by molar-refractivity contribution is 7.13. The van der Waals surface area contributed by atoms with Crippen LogP contribution in [0.1, 0.15) is 38.2 Å². The molecule has 2 aromatic rings. The summed E-state index contributed by atoms with van der Waals surface area (Å²) < 4.78 is 5.19. The molecule has 0 N–H and O–H groups in total. The Labute approximate surface area is 120 Å². The first kappa shape index (κ1) is 14.1. The van der Waals surface area contributed by atoms with Crippen LogP contribution in [0.25, 0.3) is 10.4 Å². The normalized spacial score (nSPS) is 10.6. The van der Waals surface area contributed by atoms with Crippen molar-refractivity contribution in [1.29, 1.82) is 0 Å². The lowest BCUT2D eigenvalue weighted by Gasteiger charge is -2.01. The Balaban J connectivity index is 1.95. The zero-order chi connectivity index (χ0) is 13.5. The second-order valence-corrected chi connectivity index (χ2v) is 5.77. The van der Waals surface area contributed by atoms with Gasteiger partial charge in [0.2, 0.25) is 0 Å². The zero-order valence-electron chi connectivity index (χ0n) is 11.8. The highest BCUT2D eigenvalue weighted by Crippen LogP contribution is 2.29. The van der Waals surface area contributed by atoms with Crippen molar-refractivity contribution in [2.45, 2.75) is 39.0 Å². The molecule has 0 fully saturated rings. The topological polar surface area (TPSA) is 9.23 Å². The lowest BCUT2D eigenvalue weighted by molar-refractivity contribution is 0.415. The Bertz CT molecular complexity index is 484. The Morgan fingerprint density at radius 1 is 1.05 bits per heavy atom. The minimum Gasteiger partial charge on any atom is -0.497 e. The molecule has 0 unspecified atom stereocenters. The van der Waals surface area contributed by atoms with E-state index < -0.39 is 0 Å². The van der Waals surface area contributed by atoms with Gasteiger partial charge in [0.1, 0.15) is 5.75 Å². The van der Waals surface area contributed by atoms with E-state index in [1.807, 2.05) is 23.5 Å². The Kier molecular flexibility index (Phi) is 5.46. The number of ether oxygens (including phenoxy) is 1. The van der Waals surface area contributed by atoms with Gasteiger partial charge in [-0.05, 0) is 59.7 Å². The lowest BCUT2D eigenvalue weighted by atomic mass is 10.1.